The summed E-state index contributed by atoms with van der Waals surface area (Å²) in [6.45, 7) is 9.28. The van der Waals surface area contributed by atoms with Crippen molar-refractivity contribution in [2.45, 2.75) is 129 Å². The van der Waals surface area contributed by atoms with Gasteiger partial charge < -0.3 is 6.15 Å². The summed E-state index contributed by atoms with van der Waals surface area (Å²) in [5, 5.41) is 0. The minimum atomic E-state index is 0. The maximum Gasteiger partial charge on any atom is 0.0472 e. The summed E-state index contributed by atoms with van der Waals surface area (Å²) in [6.07, 6.45) is 20.0. The average Bonchev–Trinajstić information content (AvgIpc) is 2.52. The summed E-state index contributed by atoms with van der Waals surface area (Å²) in [7, 11) is 0. The van der Waals surface area contributed by atoms with E-state index in [4.69, 9.17) is 11.6 Å². The first-order chi connectivity index (χ1) is 10.6. The van der Waals surface area contributed by atoms with Gasteiger partial charge in [-0.1, -0.05) is 105 Å². The van der Waals surface area contributed by atoms with Gasteiger partial charge >= 0.3 is 0 Å². The summed E-state index contributed by atoms with van der Waals surface area (Å²) in [5.41, 5.74) is 0. The molecule has 0 amide bonds. The molecule has 0 aromatic carbocycles. The van der Waals surface area contributed by atoms with E-state index >= 15 is 0 Å². The second-order valence-electron chi connectivity index (χ2n) is 7.41. The fourth-order valence-corrected chi connectivity index (χ4v) is 3.82. The molecule has 0 saturated heterocycles. The zero-order chi connectivity index (χ0) is 16.7. The second kappa shape index (κ2) is 17.1. The molecule has 1 atom stereocenters. The van der Waals surface area contributed by atoms with E-state index < -0.39 is 0 Å². The molecule has 0 aliphatic rings. The van der Waals surface area contributed by atoms with Crippen molar-refractivity contribution in [1.29, 1.82) is 0 Å². The van der Waals surface area contributed by atoms with E-state index in [1.165, 1.54) is 96.3 Å². The minimum absolute atomic E-state index is 0. The molecule has 2 heteroatoms. The Morgan fingerprint density at radius 3 is 1.43 bits per heavy atom. The first kappa shape index (κ1) is 25.5. The molecule has 0 saturated carbocycles. The number of unbranched alkanes of at least 4 members (excludes halogenated alkanes) is 9. The lowest BCUT2D eigenvalue weighted by Crippen LogP contribution is -2.30. The smallest absolute Gasteiger partial charge is 0.0472 e. The van der Waals surface area contributed by atoms with Crippen molar-refractivity contribution in [3.63, 3.8) is 0 Å². The van der Waals surface area contributed by atoms with Gasteiger partial charge in [0.25, 0.3) is 0 Å². The van der Waals surface area contributed by atoms with Crippen LogP contribution in [0.3, 0.4) is 0 Å². The van der Waals surface area contributed by atoms with Crippen molar-refractivity contribution in [2.24, 2.45) is 5.92 Å². The number of hydrogen-bond acceptors (Lipinski definition) is 1. The van der Waals surface area contributed by atoms with Gasteiger partial charge in [-0.25, -0.2) is 0 Å². The van der Waals surface area contributed by atoms with Crippen molar-refractivity contribution in [3.05, 3.63) is 0 Å². The highest BCUT2D eigenvalue weighted by molar-refractivity contribution is 6.24. The molecule has 0 rings (SSSR count). The Morgan fingerprint density at radius 2 is 1.04 bits per heavy atom. The number of rotatable bonds is 16. The minimum Gasteiger partial charge on any atom is -0.344 e. The van der Waals surface area contributed by atoms with Crippen molar-refractivity contribution in [1.82, 2.24) is 6.15 Å². The van der Waals surface area contributed by atoms with E-state index in [9.17, 15) is 0 Å². The van der Waals surface area contributed by atoms with Crippen LogP contribution in [0, 0.1) is 5.92 Å². The van der Waals surface area contributed by atoms with Gasteiger partial charge in [0.2, 0.25) is 0 Å². The molecule has 142 valence electrons. The molecule has 23 heavy (non-hydrogen) atoms. The zero-order valence-electron chi connectivity index (χ0n) is 16.8. The second-order valence-corrected chi connectivity index (χ2v) is 8.16. The van der Waals surface area contributed by atoms with Crippen LogP contribution < -0.4 is 6.15 Å². The highest BCUT2D eigenvalue weighted by atomic mass is 35.5. The van der Waals surface area contributed by atoms with Gasteiger partial charge in [-0.15, -0.1) is 11.6 Å². The third-order valence-electron chi connectivity index (χ3n) is 5.27. The fraction of sp³-hybridized carbons (Fsp3) is 1.00. The number of halogens is 1. The summed E-state index contributed by atoms with van der Waals surface area (Å²) >= 11 is 7.16. The molecular weight excluding hydrogens is 302 g/mol. The molecule has 0 aliphatic carbocycles. The molecule has 0 aliphatic heterocycles. The van der Waals surface area contributed by atoms with E-state index in [1.807, 2.05) is 0 Å². The summed E-state index contributed by atoms with van der Waals surface area (Å²) in [4.78, 5) is 0.0771. The predicted octanol–water partition coefficient (Wildman–Crippen LogP) is 8.67. The van der Waals surface area contributed by atoms with Crippen LogP contribution in [0.5, 0.6) is 0 Å². The Morgan fingerprint density at radius 1 is 0.652 bits per heavy atom. The van der Waals surface area contributed by atoms with Gasteiger partial charge in [-0.2, -0.15) is 0 Å². The molecule has 0 aromatic rings. The summed E-state index contributed by atoms with van der Waals surface area (Å²) in [5.74, 6) is 0.675. The van der Waals surface area contributed by atoms with Gasteiger partial charge in [0.1, 0.15) is 0 Å². The molecule has 0 heterocycles. The summed E-state index contributed by atoms with van der Waals surface area (Å²) in [6, 6.07) is 0. The van der Waals surface area contributed by atoms with E-state index in [0.29, 0.717) is 5.92 Å². The van der Waals surface area contributed by atoms with Crippen LogP contribution in [0.25, 0.3) is 0 Å². The lowest BCUT2D eigenvalue weighted by Gasteiger charge is -2.34. The third-order valence-corrected chi connectivity index (χ3v) is 6.02. The lowest BCUT2D eigenvalue weighted by atomic mass is 9.81. The first-order valence-electron chi connectivity index (χ1n) is 10.3. The van der Waals surface area contributed by atoms with E-state index in [-0.39, 0.29) is 11.0 Å². The quantitative estimate of drug-likeness (QED) is 0.220. The Bertz CT molecular complexity index is 218. The third kappa shape index (κ3) is 13.2. The highest BCUT2D eigenvalue weighted by Gasteiger charge is 2.32. The van der Waals surface area contributed by atoms with Gasteiger partial charge in [0.15, 0.2) is 0 Å². The van der Waals surface area contributed by atoms with E-state index in [0.717, 1.165) is 0 Å². The normalized spacial score (nSPS) is 12.9. The van der Waals surface area contributed by atoms with E-state index in [2.05, 4.69) is 27.7 Å². The van der Waals surface area contributed by atoms with Crippen LogP contribution in [0.1, 0.15) is 124 Å². The van der Waals surface area contributed by atoms with Crippen LogP contribution in [0.4, 0.5) is 0 Å². The Labute approximate surface area is 152 Å². The molecule has 0 bridgehead atoms. The summed E-state index contributed by atoms with van der Waals surface area (Å²) < 4.78 is 0. The molecule has 1 unspecified atom stereocenters. The SMILES string of the molecule is CCCCCCC(C)C(Cl)(CCCCCC)CCCCCC.N. The van der Waals surface area contributed by atoms with E-state index in [1.54, 1.807) is 0 Å². The van der Waals surface area contributed by atoms with Crippen molar-refractivity contribution < 1.29 is 0 Å². The van der Waals surface area contributed by atoms with Gasteiger partial charge in [-0.05, 0) is 25.2 Å². The standard InChI is InChI=1S/C21H43Cl.H3N/c1-5-8-11-14-17-20(4)21(22,18-15-12-9-6-2)19-16-13-10-7-3;/h20H,5-19H2,1-4H3;1H3. The van der Waals surface area contributed by atoms with Crippen LogP contribution >= 0.6 is 11.6 Å². The monoisotopic (exact) mass is 347 g/mol. The van der Waals surface area contributed by atoms with Crippen LogP contribution in [0.15, 0.2) is 0 Å². The topological polar surface area (TPSA) is 35.0 Å². The van der Waals surface area contributed by atoms with Gasteiger partial charge in [-0.3, -0.25) is 0 Å². The molecule has 1 nitrogen and oxygen atoms in total. The van der Waals surface area contributed by atoms with Crippen molar-refractivity contribution in [3.8, 4) is 0 Å². The van der Waals surface area contributed by atoms with Crippen LogP contribution in [-0.4, -0.2) is 4.87 Å². The molecule has 0 radical (unpaired) electrons. The first-order valence-corrected chi connectivity index (χ1v) is 10.7. The Hall–Kier alpha value is 0.250. The maximum atomic E-state index is 7.16. The number of alkyl halides is 1. The number of hydrogen-bond donors (Lipinski definition) is 1. The molecule has 0 aromatic heterocycles. The van der Waals surface area contributed by atoms with Crippen molar-refractivity contribution in [2.75, 3.05) is 0 Å². The molecule has 0 spiro atoms. The molecule has 0 fully saturated rings. The maximum absolute atomic E-state index is 7.16. The highest BCUT2D eigenvalue weighted by Crippen LogP contribution is 2.39. The predicted molar refractivity (Wildman–Crippen MR) is 109 cm³/mol. The Kier molecular flexibility index (Phi) is 18.9. The largest absolute Gasteiger partial charge is 0.344 e. The zero-order valence-corrected chi connectivity index (χ0v) is 17.5. The van der Waals surface area contributed by atoms with Gasteiger partial charge in [0.05, 0.1) is 0 Å². The molecular formula is C21H46ClN. The fourth-order valence-electron chi connectivity index (χ4n) is 3.45. The van der Waals surface area contributed by atoms with Crippen LogP contribution in [-0.2, 0) is 0 Å². The van der Waals surface area contributed by atoms with Crippen LogP contribution in [0.2, 0.25) is 0 Å². The van der Waals surface area contributed by atoms with Crippen molar-refractivity contribution >= 4 is 11.6 Å². The molecule has 3 N–H and O–H groups in total. The van der Waals surface area contributed by atoms with Gasteiger partial charge in [0, 0.05) is 4.87 Å². The Balaban J connectivity index is 0. The lowest BCUT2D eigenvalue weighted by molar-refractivity contribution is 0.305. The average molecular weight is 348 g/mol.